The molecule has 1 unspecified atom stereocenters. The van der Waals surface area contributed by atoms with E-state index in [9.17, 15) is 0 Å². The number of anilines is 1. The molecule has 0 aliphatic heterocycles. The summed E-state index contributed by atoms with van der Waals surface area (Å²) in [4.78, 5) is 0. The van der Waals surface area contributed by atoms with Gasteiger partial charge in [0.2, 0.25) is 0 Å². The van der Waals surface area contributed by atoms with Crippen LogP contribution in [0.2, 0.25) is 10.0 Å². The standard InChI is InChI=1S/C12H12BrCl2N3/c1-7(8-5-16-18(2)6-8)17-10-4-3-9(13)11(14)12(10)15/h3-7,17H,1-2H3. The first-order chi connectivity index (χ1) is 8.49. The fraction of sp³-hybridized carbons (Fsp3) is 0.250. The van der Waals surface area contributed by atoms with Crippen LogP contribution in [0.4, 0.5) is 5.69 Å². The quantitative estimate of drug-likeness (QED) is 0.817. The summed E-state index contributed by atoms with van der Waals surface area (Å²) in [5.74, 6) is 0. The Labute approximate surface area is 124 Å². The van der Waals surface area contributed by atoms with E-state index in [-0.39, 0.29) is 6.04 Å². The van der Waals surface area contributed by atoms with Crippen LogP contribution in [0.3, 0.4) is 0 Å². The zero-order valence-electron chi connectivity index (χ0n) is 9.92. The molecule has 2 rings (SSSR count). The van der Waals surface area contributed by atoms with Crippen LogP contribution in [-0.2, 0) is 7.05 Å². The molecule has 1 aromatic heterocycles. The molecule has 0 amide bonds. The molecule has 6 heteroatoms. The van der Waals surface area contributed by atoms with Gasteiger partial charge >= 0.3 is 0 Å². The molecule has 3 nitrogen and oxygen atoms in total. The van der Waals surface area contributed by atoms with Crippen LogP contribution in [0.5, 0.6) is 0 Å². The number of hydrogen-bond acceptors (Lipinski definition) is 2. The number of halogens is 3. The second-order valence-electron chi connectivity index (χ2n) is 4.04. The summed E-state index contributed by atoms with van der Waals surface area (Å²) in [5, 5.41) is 8.49. The number of benzene rings is 1. The van der Waals surface area contributed by atoms with Gasteiger partial charge in [-0.05, 0) is 35.0 Å². The van der Waals surface area contributed by atoms with E-state index in [1.165, 1.54) is 0 Å². The smallest absolute Gasteiger partial charge is 0.0835 e. The summed E-state index contributed by atoms with van der Waals surface area (Å²) < 4.78 is 2.55. The van der Waals surface area contributed by atoms with Gasteiger partial charge in [0, 0.05) is 23.3 Å². The largest absolute Gasteiger partial charge is 0.377 e. The Balaban J connectivity index is 2.22. The van der Waals surface area contributed by atoms with Crippen molar-refractivity contribution >= 4 is 44.8 Å². The van der Waals surface area contributed by atoms with Crippen LogP contribution in [0.1, 0.15) is 18.5 Å². The maximum atomic E-state index is 6.19. The molecule has 0 aliphatic carbocycles. The summed E-state index contributed by atoms with van der Waals surface area (Å²) in [6.45, 7) is 2.04. The molecule has 1 heterocycles. The van der Waals surface area contributed by atoms with Crippen molar-refractivity contribution in [1.82, 2.24) is 9.78 Å². The summed E-state index contributed by atoms with van der Waals surface area (Å²) in [6, 6.07) is 3.87. The summed E-state index contributed by atoms with van der Waals surface area (Å²) in [6.07, 6.45) is 3.79. The van der Waals surface area contributed by atoms with Crippen molar-refractivity contribution in [3.8, 4) is 0 Å². The molecule has 0 aliphatic rings. The highest BCUT2D eigenvalue weighted by atomic mass is 79.9. The minimum atomic E-state index is 0.105. The van der Waals surface area contributed by atoms with Crippen molar-refractivity contribution in [2.24, 2.45) is 7.05 Å². The van der Waals surface area contributed by atoms with Gasteiger partial charge in [-0.2, -0.15) is 5.10 Å². The molecule has 0 saturated carbocycles. The van der Waals surface area contributed by atoms with E-state index >= 15 is 0 Å². The van der Waals surface area contributed by atoms with Gasteiger partial charge in [-0.15, -0.1) is 0 Å². The van der Waals surface area contributed by atoms with Gasteiger partial charge in [-0.25, -0.2) is 0 Å². The Morgan fingerprint density at radius 3 is 2.67 bits per heavy atom. The van der Waals surface area contributed by atoms with Crippen LogP contribution < -0.4 is 5.32 Å². The second-order valence-corrected chi connectivity index (χ2v) is 5.65. The van der Waals surface area contributed by atoms with Gasteiger partial charge in [0.25, 0.3) is 0 Å². The number of aryl methyl sites for hydroxylation is 1. The fourth-order valence-electron chi connectivity index (χ4n) is 1.62. The molecule has 2 aromatic rings. The van der Waals surface area contributed by atoms with Crippen LogP contribution >= 0.6 is 39.1 Å². The van der Waals surface area contributed by atoms with Crippen LogP contribution in [-0.4, -0.2) is 9.78 Å². The molecule has 0 fully saturated rings. The third-order valence-corrected chi connectivity index (χ3v) is 4.40. The summed E-state index contributed by atoms with van der Waals surface area (Å²) in [7, 11) is 1.89. The van der Waals surface area contributed by atoms with E-state index in [2.05, 4.69) is 26.3 Å². The zero-order valence-corrected chi connectivity index (χ0v) is 13.0. The number of aromatic nitrogens is 2. The minimum absolute atomic E-state index is 0.105. The van der Waals surface area contributed by atoms with Gasteiger partial charge in [0.05, 0.1) is 28.0 Å². The van der Waals surface area contributed by atoms with E-state index in [0.717, 1.165) is 15.7 Å². The highest BCUT2D eigenvalue weighted by molar-refractivity contribution is 9.10. The molecule has 1 atom stereocenters. The number of rotatable bonds is 3. The van der Waals surface area contributed by atoms with Gasteiger partial charge < -0.3 is 5.32 Å². The predicted octanol–water partition coefficient (Wildman–Crippen LogP) is 4.66. The molecule has 1 aromatic carbocycles. The third kappa shape index (κ3) is 2.82. The lowest BCUT2D eigenvalue weighted by molar-refractivity contribution is 0.765. The second kappa shape index (κ2) is 5.51. The normalized spacial score (nSPS) is 12.5. The number of nitrogens with one attached hydrogen (secondary N) is 1. The highest BCUT2D eigenvalue weighted by Crippen LogP contribution is 2.37. The molecular formula is C12H12BrCl2N3. The summed E-state index contributed by atoms with van der Waals surface area (Å²) >= 11 is 15.6. The highest BCUT2D eigenvalue weighted by Gasteiger charge is 2.12. The Kier molecular flexibility index (Phi) is 4.20. The van der Waals surface area contributed by atoms with Crippen molar-refractivity contribution in [3.63, 3.8) is 0 Å². The maximum Gasteiger partial charge on any atom is 0.0835 e. The van der Waals surface area contributed by atoms with Crippen LogP contribution in [0.15, 0.2) is 29.0 Å². The van der Waals surface area contributed by atoms with E-state index in [4.69, 9.17) is 23.2 Å². The average molecular weight is 349 g/mol. The number of nitrogens with zero attached hydrogens (tertiary/aromatic N) is 2. The van der Waals surface area contributed by atoms with E-state index < -0.39 is 0 Å². The zero-order chi connectivity index (χ0) is 13.3. The average Bonchev–Trinajstić information content (AvgIpc) is 2.77. The molecular weight excluding hydrogens is 337 g/mol. The van der Waals surface area contributed by atoms with Crippen molar-refractivity contribution < 1.29 is 0 Å². The summed E-state index contributed by atoms with van der Waals surface area (Å²) in [5.41, 5.74) is 1.90. The molecule has 0 radical (unpaired) electrons. The third-order valence-electron chi connectivity index (χ3n) is 2.63. The molecule has 0 spiro atoms. The first kappa shape index (κ1) is 13.7. The topological polar surface area (TPSA) is 29.9 Å². The Morgan fingerprint density at radius 1 is 1.33 bits per heavy atom. The van der Waals surface area contributed by atoms with Crippen LogP contribution in [0, 0.1) is 0 Å². The van der Waals surface area contributed by atoms with E-state index in [0.29, 0.717) is 10.0 Å². The Hall–Kier alpha value is -0.710. The molecule has 96 valence electrons. The molecule has 18 heavy (non-hydrogen) atoms. The molecule has 1 N–H and O–H groups in total. The van der Waals surface area contributed by atoms with Crippen molar-refractivity contribution in [1.29, 1.82) is 0 Å². The Morgan fingerprint density at radius 2 is 2.06 bits per heavy atom. The van der Waals surface area contributed by atoms with Crippen LogP contribution in [0.25, 0.3) is 0 Å². The number of hydrogen-bond donors (Lipinski definition) is 1. The maximum absolute atomic E-state index is 6.19. The lowest BCUT2D eigenvalue weighted by Crippen LogP contribution is -2.06. The minimum Gasteiger partial charge on any atom is -0.377 e. The first-order valence-electron chi connectivity index (χ1n) is 5.37. The fourth-order valence-corrected chi connectivity index (χ4v) is 2.45. The van der Waals surface area contributed by atoms with Crippen molar-refractivity contribution in [3.05, 3.63) is 44.6 Å². The Bertz CT molecular complexity index is 568. The lowest BCUT2D eigenvalue weighted by atomic mass is 10.2. The SMILES string of the molecule is CC(Nc1ccc(Br)c(Cl)c1Cl)c1cnn(C)c1. The lowest BCUT2D eigenvalue weighted by Gasteiger charge is -2.16. The van der Waals surface area contributed by atoms with E-state index in [1.807, 2.05) is 38.5 Å². The van der Waals surface area contributed by atoms with Gasteiger partial charge in [-0.3, -0.25) is 4.68 Å². The molecule has 0 saturated heterocycles. The first-order valence-corrected chi connectivity index (χ1v) is 6.92. The van der Waals surface area contributed by atoms with E-state index in [1.54, 1.807) is 4.68 Å². The van der Waals surface area contributed by atoms with Crippen molar-refractivity contribution in [2.45, 2.75) is 13.0 Å². The predicted molar refractivity (Wildman–Crippen MR) is 79.4 cm³/mol. The van der Waals surface area contributed by atoms with Gasteiger partial charge in [0.1, 0.15) is 0 Å². The van der Waals surface area contributed by atoms with Gasteiger partial charge in [-0.1, -0.05) is 23.2 Å². The monoisotopic (exact) mass is 347 g/mol. The van der Waals surface area contributed by atoms with Crippen molar-refractivity contribution in [2.75, 3.05) is 5.32 Å². The molecule has 0 bridgehead atoms. The van der Waals surface area contributed by atoms with Gasteiger partial charge in [0.15, 0.2) is 0 Å².